The van der Waals surface area contributed by atoms with Gasteiger partial charge in [-0.25, -0.2) is 9.78 Å². The average Bonchev–Trinajstić information content (AvgIpc) is 3.58. The van der Waals surface area contributed by atoms with E-state index in [4.69, 9.17) is 9.72 Å². The molecule has 1 saturated carbocycles. The molecule has 0 bridgehead atoms. The molecule has 2 heterocycles. The van der Waals surface area contributed by atoms with Crippen LogP contribution in [0, 0.1) is 5.92 Å². The van der Waals surface area contributed by atoms with Crippen LogP contribution in [0.15, 0.2) is 71.4 Å². The van der Waals surface area contributed by atoms with E-state index in [1.54, 1.807) is 40.9 Å². The molecule has 0 saturated heterocycles. The third-order valence-electron chi connectivity index (χ3n) is 6.65. The zero-order chi connectivity index (χ0) is 24.9. The Balaban J connectivity index is 1.32. The molecule has 1 fully saturated rings. The minimum absolute atomic E-state index is 0.299. The molecule has 7 heteroatoms. The minimum atomic E-state index is -0.913. The Morgan fingerprint density at radius 1 is 1.03 bits per heavy atom. The Morgan fingerprint density at radius 2 is 1.83 bits per heavy atom. The highest BCUT2D eigenvalue weighted by molar-refractivity contribution is 7.14. The van der Waals surface area contributed by atoms with Crippen molar-refractivity contribution in [3.8, 4) is 17.0 Å². The first-order valence-electron chi connectivity index (χ1n) is 12.4. The maximum Gasteiger partial charge on any atom is 0.335 e. The van der Waals surface area contributed by atoms with Crippen molar-refractivity contribution in [3.63, 3.8) is 0 Å². The van der Waals surface area contributed by atoms with E-state index in [9.17, 15) is 9.90 Å². The van der Waals surface area contributed by atoms with Crippen LogP contribution in [0.1, 0.15) is 53.4 Å². The first-order chi connectivity index (χ1) is 17.5. The first-order valence-corrected chi connectivity index (χ1v) is 14.1. The van der Waals surface area contributed by atoms with E-state index >= 15 is 0 Å². The smallest absolute Gasteiger partial charge is 0.335 e. The van der Waals surface area contributed by atoms with Crippen LogP contribution in [0.2, 0.25) is 0 Å². The van der Waals surface area contributed by atoms with Gasteiger partial charge in [-0.05, 0) is 85.0 Å². The zero-order valence-corrected chi connectivity index (χ0v) is 21.9. The van der Waals surface area contributed by atoms with Gasteiger partial charge in [0.15, 0.2) is 5.13 Å². The zero-order valence-electron chi connectivity index (χ0n) is 20.3. The van der Waals surface area contributed by atoms with Gasteiger partial charge < -0.3 is 14.7 Å². The maximum atomic E-state index is 11.4. The number of carboxylic acids is 1. The van der Waals surface area contributed by atoms with E-state index in [-0.39, 0.29) is 0 Å². The summed E-state index contributed by atoms with van der Waals surface area (Å²) >= 11 is 3.32. The molecule has 0 unspecified atom stereocenters. The summed E-state index contributed by atoms with van der Waals surface area (Å²) in [6.07, 6.45) is 5.07. The second-order valence-corrected chi connectivity index (χ2v) is 11.3. The SMILES string of the molecule is C[C@H]1CC[C@H](Oc2ccc(-c3csc(N(Cc4cccc(C(=O)O)c4)Cc4cccs4)n3)cc2)CC1. The van der Waals surface area contributed by atoms with Crippen LogP contribution in [-0.4, -0.2) is 22.2 Å². The highest BCUT2D eigenvalue weighted by Gasteiger charge is 2.20. The summed E-state index contributed by atoms with van der Waals surface area (Å²) < 4.78 is 6.22. The molecule has 0 atom stereocenters. The standard InChI is InChI=1S/C29H30N2O3S2/c1-20-7-11-24(12-8-20)34-25-13-9-22(10-14-25)27-19-36-29(30-27)31(18-26-6-3-15-35-26)17-21-4-2-5-23(16-21)28(32)33/h2-6,9-10,13-16,19-20,24H,7-8,11-12,17-18H2,1H3,(H,32,33)/t20-,24-. The number of thiophene rings is 1. The second-order valence-electron chi connectivity index (χ2n) is 9.48. The molecule has 5 rings (SSSR count). The fourth-order valence-electron chi connectivity index (χ4n) is 4.59. The van der Waals surface area contributed by atoms with E-state index < -0.39 is 5.97 Å². The van der Waals surface area contributed by atoms with Crippen LogP contribution in [-0.2, 0) is 13.1 Å². The van der Waals surface area contributed by atoms with Gasteiger partial charge in [-0.15, -0.1) is 22.7 Å². The number of rotatable bonds is 9. The predicted molar refractivity (Wildman–Crippen MR) is 147 cm³/mol. The molecule has 5 nitrogen and oxygen atoms in total. The van der Waals surface area contributed by atoms with E-state index in [1.807, 2.05) is 24.3 Å². The van der Waals surface area contributed by atoms with Gasteiger partial charge in [0.2, 0.25) is 0 Å². The Hall–Kier alpha value is -3.16. The molecule has 0 aliphatic heterocycles. The van der Waals surface area contributed by atoms with Gasteiger partial charge in [0.25, 0.3) is 0 Å². The van der Waals surface area contributed by atoms with Crippen LogP contribution in [0.25, 0.3) is 11.3 Å². The average molecular weight is 519 g/mol. The third kappa shape index (κ3) is 6.15. The number of carbonyl (C=O) groups is 1. The third-order valence-corrected chi connectivity index (χ3v) is 8.42. The normalized spacial score (nSPS) is 17.6. The number of aromatic nitrogens is 1. The van der Waals surface area contributed by atoms with Crippen LogP contribution < -0.4 is 9.64 Å². The minimum Gasteiger partial charge on any atom is -0.490 e. The number of ether oxygens (including phenoxy) is 1. The second kappa shape index (κ2) is 11.3. The molecule has 1 N–H and O–H groups in total. The fraction of sp³-hybridized carbons (Fsp3) is 0.310. The quantitative estimate of drug-likeness (QED) is 0.246. The molecule has 0 spiro atoms. The largest absolute Gasteiger partial charge is 0.490 e. The number of anilines is 1. The van der Waals surface area contributed by atoms with Crippen molar-refractivity contribution in [2.45, 2.75) is 51.8 Å². The molecule has 4 aromatic rings. The molecular weight excluding hydrogens is 488 g/mol. The Morgan fingerprint density at radius 3 is 2.56 bits per heavy atom. The van der Waals surface area contributed by atoms with Gasteiger partial charge in [0.05, 0.1) is 23.9 Å². The Labute approximate surface area is 220 Å². The Kier molecular flexibility index (Phi) is 7.68. The number of carboxylic acid groups (broad SMARTS) is 1. The topological polar surface area (TPSA) is 62.7 Å². The molecule has 2 aromatic carbocycles. The van der Waals surface area contributed by atoms with Crippen molar-refractivity contribution in [1.82, 2.24) is 4.98 Å². The van der Waals surface area contributed by atoms with Crippen molar-refractivity contribution in [3.05, 3.63) is 87.4 Å². The van der Waals surface area contributed by atoms with Gasteiger partial charge in [0.1, 0.15) is 5.75 Å². The molecular formula is C29H30N2O3S2. The highest BCUT2D eigenvalue weighted by atomic mass is 32.1. The van der Waals surface area contributed by atoms with Crippen LogP contribution in [0.4, 0.5) is 5.13 Å². The van der Waals surface area contributed by atoms with Gasteiger partial charge in [-0.1, -0.05) is 25.1 Å². The van der Waals surface area contributed by atoms with E-state index in [0.29, 0.717) is 24.8 Å². The van der Waals surface area contributed by atoms with Crippen molar-refractivity contribution in [2.75, 3.05) is 4.90 Å². The van der Waals surface area contributed by atoms with Gasteiger partial charge in [0, 0.05) is 22.4 Å². The van der Waals surface area contributed by atoms with Gasteiger partial charge >= 0.3 is 5.97 Å². The van der Waals surface area contributed by atoms with Crippen molar-refractivity contribution in [2.24, 2.45) is 5.92 Å². The lowest BCUT2D eigenvalue weighted by atomic mass is 9.89. The summed E-state index contributed by atoms with van der Waals surface area (Å²) in [5.74, 6) is 0.821. The van der Waals surface area contributed by atoms with Crippen molar-refractivity contribution < 1.29 is 14.6 Å². The summed E-state index contributed by atoms with van der Waals surface area (Å²) in [4.78, 5) is 19.9. The monoisotopic (exact) mass is 518 g/mol. The lowest BCUT2D eigenvalue weighted by Crippen LogP contribution is -2.22. The summed E-state index contributed by atoms with van der Waals surface area (Å²) in [7, 11) is 0. The van der Waals surface area contributed by atoms with E-state index in [1.165, 1.54) is 17.7 Å². The molecule has 1 aliphatic rings. The molecule has 1 aliphatic carbocycles. The Bertz CT molecular complexity index is 1280. The van der Waals surface area contributed by atoms with Crippen LogP contribution in [0.5, 0.6) is 5.75 Å². The van der Waals surface area contributed by atoms with Crippen molar-refractivity contribution in [1.29, 1.82) is 0 Å². The number of thiazole rings is 1. The van der Waals surface area contributed by atoms with Gasteiger partial charge in [-0.2, -0.15) is 0 Å². The first kappa shape index (κ1) is 24.5. The summed E-state index contributed by atoms with van der Waals surface area (Å²) in [6, 6.07) is 19.6. The number of hydrogen-bond donors (Lipinski definition) is 1. The van der Waals surface area contributed by atoms with Crippen molar-refractivity contribution >= 4 is 33.8 Å². The van der Waals surface area contributed by atoms with E-state index in [0.717, 1.165) is 46.5 Å². The van der Waals surface area contributed by atoms with Gasteiger partial charge in [-0.3, -0.25) is 0 Å². The number of hydrogen-bond acceptors (Lipinski definition) is 6. The lowest BCUT2D eigenvalue weighted by molar-refractivity contribution is 0.0696. The highest BCUT2D eigenvalue weighted by Crippen LogP contribution is 2.32. The predicted octanol–water partition coefficient (Wildman–Crippen LogP) is 7.73. The molecule has 0 radical (unpaired) electrons. The summed E-state index contributed by atoms with van der Waals surface area (Å²) in [5, 5.41) is 14.5. The van der Waals surface area contributed by atoms with Crippen LogP contribution in [0.3, 0.4) is 0 Å². The fourth-order valence-corrected chi connectivity index (χ4v) is 6.15. The number of aromatic carboxylic acids is 1. The maximum absolute atomic E-state index is 11.4. The summed E-state index contributed by atoms with van der Waals surface area (Å²) in [6.45, 7) is 3.62. The lowest BCUT2D eigenvalue weighted by Gasteiger charge is -2.26. The molecule has 36 heavy (non-hydrogen) atoms. The summed E-state index contributed by atoms with van der Waals surface area (Å²) in [5.41, 5.74) is 3.24. The molecule has 2 aromatic heterocycles. The molecule has 0 amide bonds. The molecule has 186 valence electrons. The number of benzene rings is 2. The van der Waals surface area contributed by atoms with Crippen LogP contribution >= 0.6 is 22.7 Å². The number of nitrogens with zero attached hydrogens (tertiary/aromatic N) is 2. The van der Waals surface area contributed by atoms with E-state index in [2.05, 4.69) is 40.8 Å².